The van der Waals surface area contributed by atoms with E-state index >= 15 is 0 Å². The molecule has 0 saturated carbocycles. The SMILES string of the molecule is COCCOCC(=O)NC1Cc2cc(O)c(O)cc2[N+](C)(C)C1. The van der Waals surface area contributed by atoms with Gasteiger partial charge in [0.05, 0.1) is 33.4 Å². The predicted molar refractivity (Wildman–Crippen MR) is 86.6 cm³/mol. The van der Waals surface area contributed by atoms with Gasteiger partial charge in [0, 0.05) is 25.2 Å². The number of hydrogen-bond donors (Lipinski definition) is 3. The Balaban J connectivity index is 2.01. The number of benzene rings is 1. The Morgan fingerprint density at radius 3 is 2.70 bits per heavy atom. The average molecular weight is 325 g/mol. The molecule has 0 aromatic heterocycles. The molecule has 0 saturated heterocycles. The van der Waals surface area contributed by atoms with E-state index in [0.29, 0.717) is 30.7 Å². The van der Waals surface area contributed by atoms with Crippen LogP contribution in [0.25, 0.3) is 0 Å². The lowest BCUT2D eigenvalue weighted by molar-refractivity contribution is -0.126. The van der Waals surface area contributed by atoms with Crippen molar-refractivity contribution in [2.75, 3.05) is 47.6 Å². The van der Waals surface area contributed by atoms with Crippen molar-refractivity contribution in [3.63, 3.8) is 0 Å². The zero-order chi connectivity index (χ0) is 17.0. The van der Waals surface area contributed by atoms with Crippen LogP contribution in [0, 0.1) is 0 Å². The van der Waals surface area contributed by atoms with E-state index < -0.39 is 0 Å². The first-order chi connectivity index (χ1) is 10.8. The molecule has 0 aliphatic carbocycles. The fourth-order valence-corrected chi connectivity index (χ4v) is 2.99. The highest BCUT2D eigenvalue weighted by atomic mass is 16.5. The molecule has 2 rings (SSSR count). The Kier molecular flexibility index (Phi) is 5.46. The number of carbonyl (C=O) groups excluding carboxylic acids is 1. The van der Waals surface area contributed by atoms with Crippen molar-refractivity contribution in [2.24, 2.45) is 0 Å². The van der Waals surface area contributed by atoms with Gasteiger partial charge in [-0.3, -0.25) is 9.28 Å². The number of quaternary nitrogens is 1. The summed E-state index contributed by atoms with van der Waals surface area (Å²) in [6.45, 7) is 1.53. The lowest BCUT2D eigenvalue weighted by Gasteiger charge is -2.39. The van der Waals surface area contributed by atoms with Crippen LogP contribution in [-0.2, 0) is 20.7 Å². The van der Waals surface area contributed by atoms with Crippen molar-refractivity contribution in [3.8, 4) is 11.5 Å². The van der Waals surface area contributed by atoms with E-state index in [1.165, 1.54) is 0 Å². The lowest BCUT2D eigenvalue weighted by atomic mass is 9.95. The fraction of sp³-hybridized carbons (Fsp3) is 0.562. The molecule has 1 aromatic rings. The molecule has 7 heteroatoms. The summed E-state index contributed by atoms with van der Waals surface area (Å²) in [6.07, 6.45) is 0.606. The molecule has 0 radical (unpaired) electrons. The number of carbonyl (C=O) groups is 1. The van der Waals surface area contributed by atoms with E-state index in [0.717, 1.165) is 11.3 Å². The van der Waals surface area contributed by atoms with E-state index in [1.807, 2.05) is 14.1 Å². The van der Waals surface area contributed by atoms with Crippen molar-refractivity contribution in [3.05, 3.63) is 17.7 Å². The standard InChI is InChI=1S/C16H24N2O5/c1-18(2)9-12(17-16(21)10-23-5-4-22-3)6-11-7-14(19)15(20)8-13(11)18/h7-8,12H,4-6,9-10H2,1-3H3,(H2-,17,19,20,21)/p+1. The molecule has 3 N–H and O–H groups in total. The van der Waals surface area contributed by atoms with E-state index in [-0.39, 0.29) is 30.1 Å². The third kappa shape index (κ3) is 4.34. The minimum atomic E-state index is -0.169. The maximum atomic E-state index is 11.9. The number of methoxy groups -OCH3 is 1. The minimum Gasteiger partial charge on any atom is -0.504 e. The molecule has 1 aliphatic heterocycles. The summed E-state index contributed by atoms with van der Waals surface area (Å²) in [5.41, 5.74) is 1.87. The molecule has 23 heavy (non-hydrogen) atoms. The van der Waals surface area contributed by atoms with Crippen molar-refractivity contribution in [1.29, 1.82) is 0 Å². The number of rotatable bonds is 6. The van der Waals surface area contributed by atoms with Crippen LogP contribution in [0.5, 0.6) is 11.5 Å². The van der Waals surface area contributed by atoms with E-state index in [1.54, 1.807) is 19.2 Å². The molecule has 0 fully saturated rings. The summed E-state index contributed by atoms with van der Waals surface area (Å²) in [6, 6.07) is 3.11. The highest BCUT2D eigenvalue weighted by molar-refractivity contribution is 5.77. The second kappa shape index (κ2) is 7.16. The fourth-order valence-electron chi connectivity index (χ4n) is 2.99. The molecule has 128 valence electrons. The average Bonchev–Trinajstić information content (AvgIpc) is 2.45. The number of aromatic hydroxyl groups is 2. The molecule has 1 aliphatic rings. The van der Waals surface area contributed by atoms with E-state index in [9.17, 15) is 15.0 Å². The zero-order valence-electron chi connectivity index (χ0n) is 13.8. The smallest absolute Gasteiger partial charge is 0.246 e. The summed E-state index contributed by atoms with van der Waals surface area (Å²) >= 11 is 0. The van der Waals surface area contributed by atoms with E-state index in [2.05, 4.69) is 5.32 Å². The number of ether oxygens (including phenoxy) is 2. The summed E-state index contributed by atoms with van der Waals surface area (Å²) < 4.78 is 10.6. The van der Waals surface area contributed by atoms with Crippen LogP contribution in [0.3, 0.4) is 0 Å². The van der Waals surface area contributed by atoms with Gasteiger partial charge in [-0.15, -0.1) is 0 Å². The Hall–Kier alpha value is -1.83. The summed E-state index contributed by atoms with van der Waals surface area (Å²) in [5.74, 6) is -0.430. The van der Waals surface area contributed by atoms with Gasteiger partial charge >= 0.3 is 0 Å². The number of hydrogen-bond acceptors (Lipinski definition) is 5. The van der Waals surface area contributed by atoms with Gasteiger partial charge in [-0.2, -0.15) is 0 Å². The number of phenols is 2. The van der Waals surface area contributed by atoms with Crippen LogP contribution in [0.2, 0.25) is 0 Å². The lowest BCUT2D eigenvalue weighted by Crippen LogP contribution is -2.56. The van der Waals surface area contributed by atoms with Crippen LogP contribution < -0.4 is 9.80 Å². The molecule has 7 nitrogen and oxygen atoms in total. The third-order valence-corrected chi connectivity index (χ3v) is 4.00. The Morgan fingerprint density at radius 2 is 2.00 bits per heavy atom. The first kappa shape index (κ1) is 17.5. The normalized spacial score (nSPS) is 19.2. The molecule has 1 aromatic carbocycles. The van der Waals surface area contributed by atoms with Crippen LogP contribution >= 0.6 is 0 Å². The molecule has 1 heterocycles. The van der Waals surface area contributed by atoms with Gasteiger partial charge in [-0.05, 0) is 6.07 Å². The second-order valence-corrected chi connectivity index (χ2v) is 6.35. The van der Waals surface area contributed by atoms with Crippen LogP contribution in [-0.4, -0.2) is 69.7 Å². The van der Waals surface area contributed by atoms with Gasteiger partial charge in [-0.25, -0.2) is 0 Å². The summed E-state index contributed by atoms with van der Waals surface area (Å²) in [4.78, 5) is 11.9. The Morgan fingerprint density at radius 1 is 1.30 bits per heavy atom. The first-order valence-corrected chi connectivity index (χ1v) is 7.58. The molecular weight excluding hydrogens is 300 g/mol. The summed E-state index contributed by atoms with van der Waals surface area (Å²) in [5, 5.41) is 22.4. The molecule has 0 spiro atoms. The van der Waals surface area contributed by atoms with Gasteiger partial charge in [-0.1, -0.05) is 0 Å². The van der Waals surface area contributed by atoms with Gasteiger partial charge in [0.1, 0.15) is 18.8 Å². The third-order valence-electron chi connectivity index (χ3n) is 4.00. The highest BCUT2D eigenvalue weighted by Crippen LogP contribution is 2.38. The zero-order valence-corrected chi connectivity index (χ0v) is 13.8. The Bertz CT molecular complexity index is 574. The van der Waals surface area contributed by atoms with Crippen LogP contribution in [0.4, 0.5) is 5.69 Å². The van der Waals surface area contributed by atoms with Gasteiger partial charge < -0.3 is 25.0 Å². The topological polar surface area (TPSA) is 88.0 Å². The van der Waals surface area contributed by atoms with Gasteiger partial charge in [0.25, 0.3) is 0 Å². The number of fused-ring (bicyclic) bond motifs is 1. The van der Waals surface area contributed by atoms with Gasteiger partial charge in [0.2, 0.25) is 5.91 Å². The molecular formula is C16H25N2O5+. The summed E-state index contributed by atoms with van der Waals surface area (Å²) in [7, 11) is 5.58. The quantitative estimate of drug-likeness (QED) is 0.399. The molecule has 1 atom stereocenters. The maximum Gasteiger partial charge on any atom is 0.246 e. The first-order valence-electron chi connectivity index (χ1n) is 7.58. The van der Waals surface area contributed by atoms with Crippen molar-refractivity contribution in [1.82, 2.24) is 9.80 Å². The highest BCUT2D eigenvalue weighted by Gasteiger charge is 2.35. The van der Waals surface area contributed by atoms with Crippen molar-refractivity contribution < 1.29 is 24.5 Å². The second-order valence-electron chi connectivity index (χ2n) is 6.35. The number of likely N-dealkylation sites (N-methyl/N-ethyl adjacent to an activating group) is 1. The largest absolute Gasteiger partial charge is 0.504 e. The Labute approximate surface area is 136 Å². The van der Waals surface area contributed by atoms with Crippen LogP contribution in [0.15, 0.2) is 12.1 Å². The van der Waals surface area contributed by atoms with Crippen LogP contribution in [0.1, 0.15) is 5.56 Å². The van der Waals surface area contributed by atoms with Gasteiger partial charge in [0.15, 0.2) is 11.5 Å². The predicted octanol–water partition coefficient (Wildman–Crippen LogP) is 0.369. The monoisotopic (exact) mass is 325 g/mol. The molecule has 1 amide bonds. The number of amides is 1. The molecule has 1 unspecified atom stereocenters. The minimum absolute atomic E-state index is 0.000966. The van der Waals surface area contributed by atoms with Crippen molar-refractivity contribution in [2.45, 2.75) is 12.5 Å². The van der Waals surface area contributed by atoms with E-state index in [4.69, 9.17) is 9.47 Å². The number of nitrogens with zero attached hydrogens (tertiary/aromatic N) is 1. The van der Waals surface area contributed by atoms with Crippen molar-refractivity contribution >= 4 is 11.6 Å². The maximum absolute atomic E-state index is 11.9. The number of phenolic OH excluding ortho intramolecular Hbond substituents is 2. The molecule has 0 bridgehead atoms. The number of nitrogens with one attached hydrogen (secondary N) is 1.